The molecule has 6 nitrogen and oxygen atoms in total. The van der Waals surface area contributed by atoms with E-state index < -0.39 is 0 Å². The monoisotopic (exact) mass is 407 g/mol. The smallest absolute Gasteiger partial charge is 0.253 e. The van der Waals surface area contributed by atoms with Gasteiger partial charge in [-0.25, -0.2) is 0 Å². The molecule has 3 aromatic rings. The van der Waals surface area contributed by atoms with E-state index in [0.29, 0.717) is 19.6 Å². The van der Waals surface area contributed by atoms with Crippen molar-refractivity contribution in [1.82, 2.24) is 20.1 Å². The molecule has 0 saturated carbocycles. The first-order valence-electron chi connectivity index (χ1n) is 10.8. The van der Waals surface area contributed by atoms with Gasteiger partial charge in [0.2, 0.25) is 0 Å². The van der Waals surface area contributed by atoms with Crippen molar-refractivity contribution in [3.05, 3.63) is 59.9 Å². The van der Waals surface area contributed by atoms with Gasteiger partial charge in [0.25, 0.3) is 5.91 Å². The maximum absolute atomic E-state index is 12.7. The molecule has 160 valence electrons. The summed E-state index contributed by atoms with van der Waals surface area (Å²) in [6.45, 7) is 14.1. The summed E-state index contributed by atoms with van der Waals surface area (Å²) in [4.78, 5) is 21.4. The predicted molar refractivity (Wildman–Crippen MR) is 124 cm³/mol. The fraction of sp³-hybridized carbons (Fsp3) is 0.417. The average Bonchev–Trinajstić information content (AvgIpc) is 2.82. The van der Waals surface area contributed by atoms with E-state index in [4.69, 9.17) is 0 Å². The molecule has 4 rings (SSSR count). The maximum Gasteiger partial charge on any atom is 0.253 e. The summed E-state index contributed by atoms with van der Waals surface area (Å²) in [7, 11) is 0. The number of carbonyl (C=O) groups excluding carboxylic acids is 1. The van der Waals surface area contributed by atoms with Crippen LogP contribution in [0.2, 0.25) is 0 Å². The van der Waals surface area contributed by atoms with E-state index >= 15 is 0 Å². The molecule has 0 aliphatic carbocycles. The SMILES string of the molecule is CC.CC.Cc1nnc(N2CCN(C(=O)c3ccccc3)C[C@H]2C)c2ncccc12. The largest absolute Gasteiger partial charge is 0.347 e. The van der Waals surface area contributed by atoms with Crippen molar-refractivity contribution in [3.8, 4) is 0 Å². The van der Waals surface area contributed by atoms with Crippen LogP contribution < -0.4 is 4.90 Å². The molecule has 6 heteroatoms. The fourth-order valence-electron chi connectivity index (χ4n) is 3.51. The fourth-order valence-corrected chi connectivity index (χ4v) is 3.51. The van der Waals surface area contributed by atoms with Gasteiger partial charge in [-0.3, -0.25) is 9.78 Å². The summed E-state index contributed by atoms with van der Waals surface area (Å²) in [6.07, 6.45) is 1.78. The van der Waals surface area contributed by atoms with Crippen molar-refractivity contribution in [2.24, 2.45) is 0 Å². The molecule has 1 aromatic carbocycles. The Morgan fingerprint density at radius 2 is 1.67 bits per heavy atom. The number of aromatic nitrogens is 3. The molecule has 1 aliphatic rings. The molecule has 0 N–H and O–H groups in total. The number of rotatable bonds is 2. The number of hydrogen-bond acceptors (Lipinski definition) is 5. The molecule has 1 amide bonds. The number of fused-ring (bicyclic) bond motifs is 1. The van der Waals surface area contributed by atoms with Crippen LogP contribution in [0.3, 0.4) is 0 Å². The molecule has 1 atom stereocenters. The molecule has 0 unspecified atom stereocenters. The van der Waals surface area contributed by atoms with Gasteiger partial charge >= 0.3 is 0 Å². The number of benzene rings is 1. The predicted octanol–water partition coefficient (Wildman–Crippen LogP) is 4.74. The number of hydrogen-bond donors (Lipinski definition) is 0. The third-order valence-electron chi connectivity index (χ3n) is 4.91. The number of carbonyl (C=O) groups is 1. The lowest BCUT2D eigenvalue weighted by Crippen LogP contribution is -2.54. The van der Waals surface area contributed by atoms with Crippen LogP contribution in [0, 0.1) is 6.92 Å². The zero-order valence-electron chi connectivity index (χ0n) is 19.0. The lowest BCUT2D eigenvalue weighted by Gasteiger charge is -2.40. The highest BCUT2D eigenvalue weighted by molar-refractivity contribution is 5.94. The van der Waals surface area contributed by atoms with Gasteiger partial charge in [0, 0.05) is 42.8 Å². The number of piperazine rings is 1. The maximum atomic E-state index is 12.7. The molecule has 1 saturated heterocycles. The Morgan fingerprint density at radius 1 is 0.967 bits per heavy atom. The minimum absolute atomic E-state index is 0.0788. The second kappa shape index (κ2) is 11.2. The Labute approximate surface area is 179 Å². The van der Waals surface area contributed by atoms with Crippen molar-refractivity contribution in [2.45, 2.75) is 47.6 Å². The zero-order valence-corrected chi connectivity index (χ0v) is 19.0. The van der Waals surface area contributed by atoms with Gasteiger partial charge in [0.15, 0.2) is 5.82 Å². The highest BCUT2D eigenvalue weighted by Gasteiger charge is 2.29. The quantitative estimate of drug-likeness (QED) is 0.614. The lowest BCUT2D eigenvalue weighted by atomic mass is 10.1. The van der Waals surface area contributed by atoms with Crippen LogP contribution in [0.25, 0.3) is 10.9 Å². The molecular weight excluding hydrogens is 374 g/mol. The normalized spacial score (nSPS) is 15.6. The minimum atomic E-state index is 0.0788. The summed E-state index contributed by atoms with van der Waals surface area (Å²) in [5, 5.41) is 9.75. The molecule has 1 aliphatic heterocycles. The Morgan fingerprint density at radius 3 is 2.33 bits per heavy atom. The highest BCUT2D eigenvalue weighted by atomic mass is 16.2. The van der Waals surface area contributed by atoms with E-state index in [2.05, 4.69) is 27.0 Å². The van der Waals surface area contributed by atoms with E-state index in [9.17, 15) is 4.79 Å². The van der Waals surface area contributed by atoms with E-state index in [0.717, 1.165) is 28.0 Å². The lowest BCUT2D eigenvalue weighted by molar-refractivity contribution is 0.0726. The molecular formula is C24H33N5O. The van der Waals surface area contributed by atoms with Crippen LogP contribution in [-0.2, 0) is 0 Å². The first kappa shape index (κ1) is 23.3. The number of aryl methyl sites for hydroxylation is 1. The zero-order chi connectivity index (χ0) is 22.1. The Hall–Kier alpha value is -3.02. The molecule has 30 heavy (non-hydrogen) atoms. The summed E-state index contributed by atoms with van der Waals surface area (Å²) in [6, 6.07) is 13.5. The van der Waals surface area contributed by atoms with Crippen molar-refractivity contribution in [1.29, 1.82) is 0 Å². The summed E-state index contributed by atoms with van der Waals surface area (Å²) in [5.41, 5.74) is 2.48. The third kappa shape index (κ3) is 4.93. The van der Waals surface area contributed by atoms with Crippen molar-refractivity contribution in [3.63, 3.8) is 0 Å². The Bertz CT molecular complexity index is 945. The summed E-state index contributed by atoms with van der Waals surface area (Å²) >= 11 is 0. The van der Waals surface area contributed by atoms with Gasteiger partial charge in [-0.05, 0) is 38.1 Å². The number of nitrogens with zero attached hydrogens (tertiary/aromatic N) is 5. The average molecular weight is 408 g/mol. The topological polar surface area (TPSA) is 62.2 Å². The van der Waals surface area contributed by atoms with Gasteiger partial charge in [0.05, 0.1) is 5.69 Å². The van der Waals surface area contributed by atoms with E-state index in [1.807, 2.05) is 82.0 Å². The van der Waals surface area contributed by atoms with Crippen LogP contribution in [0.5, 0.6) is 0 Å². The summed E-state index contributed by atoms with van der Waals surface area (Å²) in [5.74, 6) is 0.876. The molecule has 2 aromatic heterocycles. The van der Waals surface area contributed by atoms with Gasteiger partial charge in [-0.15, -0.1) is 5.10 Å². The van der Waals surface area contributed by atoms with Crippen molar-refractivity contribution >= 4 is 22.6 Å². The van der Waals surface area contributed by atoms with E-state index in [-0.39, 0.29) is 11.9 Å². The first-order valence-corrected chi connectivity index (χ1v) is 10.8. The van der Waals surface area contributed by atoms with Crippen LogP contribution in [0.15, 0.2) is 48.7 Å². The van der Waals surface area contributed by atoms with Gasteiger partial charge in [0.1, 0.15) is 5.52 Å². The van der Waals surface area contributed by atoms with Gasteiger partial charge < -0.3 is 9.80 Å². The van der Waals surface area contributed by atoms with E-state index in [1.54, 1.807) is 6.20 Å². The van der Waals surface area contributed by atoms with Crippen LogP contribution in [0.4, 0.5) is 5.82 Å². The van der Waals surface area contributed by atoms with E-state index in [1.165, 1.54) is 0 Å². The minimum Gasteiger partial charge on any atom is -0.347 e. The Balaban J connectivity index is 0.000000757. The molecule has 1 fully saturated rings. The molecule has 0 radical (unpaired) electrons. The first-order chi connectivity index (χ1) is 14.6. The second-order valence-electron chi connectivity index (χ2n) is 6.67. The molecule has 3 heterocycles. The molecule has 0 spiro atoms. The van der Waals surface area contributed by atoms with Crippen LogP contribution in [-0.4, -0.2) is 51.7 Å². The Kier molecular flexibility index (Phi) is 8.71. The number of amides is 1. The van der Waals surface area contributed by atoms with Gasteiger partial charge in [-0.2, -0.15) is 5.10 Å². The van der Waals surface area contributed by atoms with Crippen molar-refractivity contribution < 1.29 is 4.79 Å². The standard InChI is InChI=1S/C20H21N5O.2C2H6/c1-14-13-24(20(26)16-7-4-3-5-8-16)11-12-25(14)19-18-17(9-6-10-21-18)15(2)22-23-19;2*1-2/h3-10,14H,11-13H2,1-2H3;2*1-2H3/t14-;;/m1../s1. The van der Waals surface area contributed by atoms with Gasteiger partial charge in [-0.1, -0.05) is 45.9 Å². The molecule has 0 bridgehead atoms. The van der Waals surface area contributed by atoms with Crippen LogP contribution in [0.1, 0.15) is 50.7 Å². The van der Waals surface area contributed by atoms with Crippen molar-refractivity contribution in [2.75, 3.05) is 24.5 Å². The summed E-state index contributed by atoms with van der Waals surface area (Å²) < 4.78 is 0. The number of pyridine rings is 1. The second-order valence-corrected chi connectivity index (χ2v) is 6.67. The third-order valence-corrected chi connectivity index (χ3v) is 4.91. The number of anilines is 1. The highest BCUT2D eigenvalue weighted by Crippen LogP contribution is 2.26. The van der Waals surface area contributed by atoms with Crippen LogP contribution >= 0.6 is 0 Å².